The summed E-state index contributed by atoms with van der Waals surface area (Å²) in [6.07, 6.45) is 2.57. The van der Waals surface area contributed by atoms with Gasteiger partial charge < -0.3 is 9.16 Å². The molecule has 0 saturated heterocycles. The molecule has 0 rings (SSSR count). The highest BCUT2D eigenvalue weighted by Crippen LogP contribution is 2.06. The van der Waals surface area contributed by atoms with Crippen LogP contribution in [0.15, 0.2) is 0 Å². The van der Waals surface area contributed by atoms with Gasteiger partial charge in [0.2, 0.25) is 0 Å². The van der Waals surface area contributed by atoms with Crippen molar-refractivity contribution in [3.05, 3.63) is 0 Å². The highest BCUT2D eigenvalue weighted by atomic mass is 28.4. The van der Waals surface area contributed by atoms with E-state index in [0.717, 1.165) is 26.1 Å². The summed E-state index contributed by atoms with van der Waals surface area (Å²) in [5, 5.41) is 0. The molecule has 0 saturated carbocycles. The molecule has 0 amide bonds. The zero-order chi connectivity index (χ0) is 11.7. The molecule has 1 atom stereocenters. The Balaban J connectivity index is 3.12. The third kappa shape index (κ3) is 12.2. The van der Waals surface area contributed by atoms with E-state index < -0.39 is 8.32 Å². The van der Waals surface area contributed by atoms with Gasteiger partial charge in [-0.15, -0.1) is 0 Å². The molecule has 0 fully saturated rings. The second-order valence-corrected chi connectivity index (χ2v) is 9.25. The standard InChI is InChI=1S/C10H22B2O2Si/c1-15(2,3)14-7-5-4-6-13-9-10(12)8-11/h10H,4-9H2,1-3H3. The van der Waals surface area contributed by atoms with E-state index in [4.69, 9.17) is 24.9 Å². The van der Waals surface area contributed by atoms with Crippen molar-refractivity contribution in [2.75, 3.05) is 19.8 Å². The van der Waals surface area contributed by atoms with Crippen molar-refractivity contribution in [3.63, 3.8) is 0 Å². The molecule has 4 radical (unpaired) electrons. The molecular weight excluding hydrogens is 202 g/mol. The molecule has 15 heavy (non-hydrogen) atoms. The van der Waals surface area contributed by atoms with Gasteiger partial charge in [-0.2, -0.15) is 0 Å². The molecule has 0 heterocycles. The van der Waals surface area contributed by atoms with E-state index >= 15 is 0 Å². The fraction of sp³-hybridized carbons (Fsp3) is 1.00. The smallest absolute Gasteiger partial charge is 0.183 e. The first-order valence-corrected chi connectivity index (χ1v) is 9.04. The minimum absolute atomic E-state index is 0.0248. The molecule has 5 heteroatoms. The van der Waals surface area contributed by atoms with Crippen LogP contribution in [-0.2, 0) is 9.16 Å². The minimum Gasteiger partial charge on any atom is -0.418 e. The number of hydrogen-bond donors (Lipinski definition) is 0. The summed E-state index contributed by atoms with van der Waals surface area (Å²) in [6.45, 7) is 8.76. The van der Waals surface area contributed by atoms with Crippen molar-refractivity contribution in [3.8, 4) is 0 Å². The Morgan fingerprint density at radius 2 is 1.73 bits per heavy atom. The van der Waals surface area contributed by atoms with E-state index in [-0.39, 0.29) is 5.82 Å². The van der Waals surface area contributed by atoms with Crippen LogP contribution in [0.5, 0.6) is 0 Å². The summed E-state index contributed by atoms with van der Waals surface area (Å²) in [5.41, 5.74) is 0. The maximum Gasteiger partial charge on any atom is 0.183 e. The molecule has 1 unspecified atom stereocenters. The lowest BCUT2D eigenvalue weighted by Crippen LogP contribution is -2.25. The van der Waals surface area contributed by atoms with E-state index in [1.165, 1.54) is 0 Å². The van der Waals surface area contributed by atoms with E-state index in [0.29, 0.717) is 12.9 Å². The van der Waals surface area contributed by atoms with Gasteiger partial charge in [-0.3, -0.25) is 0 Å². The first kappa shape index (κ1) is 15.3. The molecule has 0 aromatic heterocycles. The van der Waals surface area contributed by atoms with Crippen LogP contribution in [-0.4, -0.2) is 43.8 Å². The van der Waals surface area contributed by atoms with Crippen LogP contribution in [0.1, 0.15) is 12.8 Å². The highest BCUT2D eigenvalue weighted by Gasteiger charge is 2.12. The maximum atomic E-state index is 5.72. The predicted molar refractivity (Wildman–Crippen MR) is 69.4 cm³/mol. The second kappa shape index (κ2) is 8.42. The van der Waals surface area contributed by atoms with Gasteiger partial charge in [-0.05, 0) is 32.5 Å². The number of hydrogen-bond acceptors (Lipinski definition) is 2. The Kier molecular flexibility index (Phi) is 8.57. The van der Waals surface area contributed by atoms with Gasteiger partial charge in [0.1, 0.15) is 0 Å². The van der Waals surface area contributed by atoms with Crippen molar-refractivity contribution >= 4 is 24.0 Å². The maximum absolute atomic E-state index is 5.72. The van der Waals surface area contributed by atoms with Gasteiger partial charge >= 0.3 is 0 Å². The molecule has 0 aliphatic carbocycles. The van der Waals surface area contributed by atoms with Gasteiger partial charge in [0.15, 0.2) is 8.32 Å². The summed E-state index contributed by atoms with van der Waals surface area (Å²) in [6, 6.07) is 0. The lowest BCUT2D eigenvalue weighted by Gasteiger charge is -2.17. The van der Waals surface area contributed by atoms with Gasteiger partial charge in [-0.1, -0.05) is 12.1 Å². The second-order valence-electron chi connectivity index (χ2n) is 4.74. The molecular formula is C10H22B2O2Si. The fourth-order valence-electron chi connectivity index (χ4n) is 0.987. The zero-order valence-electron chi connectivity index (χ0n) is 10.3. The first-order chi connectivity index (χ1) is 6.95. The van der Waals surface area contributed by atoms with Crippen molar-refractivity contribution < 1.29 is 9.16 Å². The van der Waals surface area contributed by atoms with Gasteiger partial charge in [-0.25, -0.2) is 0 Å². The molecule has 0 aliphatic heterocycles. The van der Waals surface area contributed by atoms with Gasteiger partial charge in [0.25, 0.3) is 0 Å². The normalized spacial score (nSPS) is 14.1. The molecule has 0 bridgehead atoms. The Morgan fingerprint density at radius 3 is 2.27 bits per heavy atom. The summed E-state index contributed by atoms with van der Waals surface area (Å²) in [4.78, 5) is 0. The summed E-state index contributed by atoms with van der Waals surface area (Å²) in [7, 11) is 9.64. The molecule has 0 spiro atoms. The predicted octanol–water partition coefficient (Wildman–Crippen LogP) is 2.18. The number of unbranched alkanes of at least 4 members (excludes halogenated alkanes) is 1. The average molecular weight is 224 g/mol. The quantitative estimate of drug-likeness (QED) is 0.441. The SMILES string of the molecule is [B]CC([B])COCCCCO[Si](C)(C)C. The van der Waals surface area contributed by atoms with Crippen LogP contribution in [0.4, 0.5) is 0 Å². The number of rotatable bonds is 9. The van der Waals surface area contributed by atoms with Crippen LogP contribution in [0.25, 0.3) is 0 Å². The first-order valence-electron chi connectivity index (χ1n) is 5.63. The molecule has 84 valence electrons. The molecule has 0 aromatic rings. The molecule has 2 nitrogen and oxygen atoms in total. The Bertz CT molecular complexity index is 151. The summed E-state index contributed by atoms with van der Waals surface area (Å²) >= 11 is 0. The monoisotopic (exact) mass is 224 g/mol. The van der Waals surface area contributed by atoms with Crippen molar-refractivity contribution in [1.29, 1.82) is 0 Å². The van der Waals surface area contributed by atoms with Crippen LogP contribution < -0.4 is 0 Å². The lowest BCUT2D eigenvalue weighted by atomic mass is 9.78. The minimum atomic E-state index is -1.33. The average Bonchev–Trinajstić information content (AvgIpc) is 2.14. The zero-order valence-corrected chi connectivity index (χ0v) is 11.3. The van der Waals surface area contributed by atoms with Crippen LogP contribution >= 0.6 is 0 Å². The Labute approximate surface area is 98.1 Å². The van der Waals surface area contributed by atoms with Crippen LogP contribution in [0, 0.1) is 0 Å². The van der Waals surface area contributed by atoms with Gasteiger partial charge in [0, 0.05) is 19.8 Å². The third-order valence-corrected chi connectivity index (χ3v) is 2.92. The highest BCUT2D eigenvalue weighted by molar-refractivity contribution is 6.69. The fourth-order valence-corrected chi connectivity index (χ4v) is 1.74. The molecule has 0 aromatic carbocycles. The topological polar surface area (TPSA) is 18.5 Å². The summed E-state index contributed by atoms with van der Waals surface area (Å²) in [5.74, 6) is -0.0248. The van der Waals surface area contributed by atoms with E-state index in [1.54, 1.807) is 0 Å². The van der Waals surface area contributed by atoms with Crippen molar-refractivity contribution in [2.45, 2.75) is 44.6 Å². The summed E-state index contributed by atoms with van der Waals surface area (Å²) < 4.78 is 11.1. The Hall–Kier alpha value is 0.267. The van der Waals surface area contributed by atoms with E-state index in [9.17, 15) is 0 Å². The third-order valence-electron chi connectivity index (χ3n) is 1.85. The van der Waals surface area contributed by atoms with Crippen molar-refractivity contribution in [2.24, 2.45) is 0 Å². The Morgan fingerprint density at radius 1 is 1.13 bits per heavy atom. The van der Waals surface area contributed by atoms with Crippen molar-refractivity contribution in [1.82, 2.24) is 0 Å². The molecule has 0 aliphatic rings. The van der Waals surface area contributed by atoms with E-state index in [2.05, 4.69) is 19.6 Å². The lowest BCUT2D eigenvalue weighted by molar-refractivity contribution is 0.127. The molecule has 0 N–H and O–H groups in total. The van der Waals surface area contributed by atoms with Gasteiger partial charge in [0.05, 0.1) is 15.7 Å². The van der Waals surface area contributed by atoms with Crippen LogP contribution in [0.3, 0.4) is 0 Å². The number of ether oxygens (including phenoxy) is 1. The van der Waals surface area contributed by atoms with Crippen LogP contribution in [0.2, 0.25) is 31.8 Å². The van der Waals surface area contributed by atoms with E-state index in [1.807, 2.05) is 0 Å². The largest absolute Gasteiger partial charge is 0.418 e.